The van der Waals surface area contributed by atoms with Crippen molar-refractivity contribution in [2.24, 2.45) is 0 Å². The van der Waals surface area contributed by atoms with Gasteiger partial charge in [0.2, 0.25) is 0 Å². The zero-order valence-corrected chi connectivity index (χ0v) is 17.1. The van der Waals surface area contributed by atoms with Gasteiger partial charge in [-0.25, -0.2) is 10.0 Å². The van der Waals surface area contributed by atoms with Crippen LogP contribution >= 0.6 is 23.2 Å². The fourth-order valence-corrected chi connectivity index (χ4v) is 3.00. The molecule has 1 atom stereocenters. The Morgan fingerprint density at radius 1 is 1.04 bits per heavy atom. The summed E-state index contributed by atoms with van der Waals surface area (Å²) in [5.41, 5.74) is 7.05. The molecular weight excluding hydrogens is 385 g/mol. The third-order valence-corrected chi connectivity index (χ3v) is 5.11. The molecule has 0 radical (unpaired) electrons. The van der Waals surface area contributed by atoms with Crippen molar-refractivity contribution in [3.63, 3.8) is 0 Å². The van der Waals surface area contributed by atoms with Crippen LogP contribution in [0.5, 0.6) is 0 Å². The number of hydrazine groups is 1. The summed E-state index contributed by atoms with van der Waals surface area (Å²) in [5, 5.41) is 3.54. The third kappa shape index (κ3) is 4.54. The van der Waals surface area contributed by atoms with Gasteiger partial charge in [-0.2, -0.15) is 0 Å². The first-order chi connectivity index (χ1) is 12.8. The first-order valence-electron chi connectivity index (χ1n) is 8.76. The molecule has 2 aromatic rings. The molecule has 0 saturated heterocycles. The number of anilines is 1. The lowest BCUT2D eigenvalue weighted by molar-refractivity contribution is -0.0186. The number of hydrogen-bond donors (Lipinski definition) is 1. The number of para-hydroxylation sites is 1. The number of hydrogen-bond acceptors (Lipinski definition) is 3. The second-order valence-corrected chi connectivity index (χ2v) is 6.96. The molecule has 7 heteroatoms. The summed E-state index contributed by atoms with van der Waals surface area (Å²) in [7, 11) is 0. The van der Waals surface area contributed by atoms with Crippen molar-refractivity contribution in [2.75, 3.05) is 12.3 Å². The molecule has 0 saturated carbocycles. The van der Waals surface area contributed by atoms with E-state index in [0.717, 1.165) is 0 Å². The van der Waals surface area contributed by atoms with Crippen LogP contribution in [0, 0.1) is 0 Å². The van der Waals surface area contributed by atoms with Gasteiger partial charge in [0, 0.05) is 17.8 Å². The lowest BCUT2D eigenvalue weighted by Crippen LogP contribution is -2.53. The van der Waals surface area contributed by atoms with Gasteiger partial charge in [0.05, 0.1) is 21.7 Å². The first-order valence-corrected chi connectivity index (χ1v) is 9.52. The maximum absolute atomic E-state index is 13.2. The molecule has 0 aromatic heterocycles. The number of rotatable bonds is 5. The number of carbonyl (C=O) groups is 2. The van der Waals surface area contributed by atoms with Crippen molar-refractivity contribution in [1.82, 2.24) is 10.0 Å². The van der Waals surface area contributed by atoms with E-state index in [9.17, 15) is 9.59 Å². The van der Waals surface area contributed by atoms with E-state index in [0.29, 0.717) is 34.8 Å². The Bertz CT molecular complexity index is 842. The monoisotopic (exact) mass is 407 g/mol. The fraction of sp³-hybridized carbons (Fsp3) is 0.300. The quantitative estimate of drug-likeness (QED) is 0.566. The van der Waals surface area contributed by atoms with E-state index in [4.69, 9.17) is 28.9 Å². The summed E-state index contributed by atoms with van der Waals surface area (Å²) >= 11 is 12.0. The second kappa shape index (κ2) is 9.11. The number of nitrogens with zero attached hydrogens (tertiary/aromatic N) is 2. The minimum atomic E-state index is -0.329. The summed E-state index contributed by atoms with van der Waals surface area (Å²) in [6.45, 7) is 5.97. The summed E-state index contributed by atoms with van der Waals surface area (Å²) < 4.78 is 0. The molecule has 0 aliphatic heterocycles. The molecule has 1 unspecified atom stereocenters. The Kier molecular flexibility index (Phi) is 7.11. The number of nitrogen functional groups attached to an aromatic ring is 1. The average Bonchev–Trinajstić information content (AvgIpc) is 2.67. The molecule has 0 spiro atoms. The van der Waals surface area contributed by atoms with Crippen LogP contribution in [0.3, 0.4) is 0 Å². The molecule has 0 aliphatic rings. The van der Waals surface area contributed by atoms with Crippen molar-refractivity contribution < 1.29 is 9.59 Å². The molecule has 144 valence electrons. The van der Waals surface area contributed by atoms with Crippen LogP contribution in [-0.4, -0.2) is 34.4 Å². The van der Waals surface area contributed by atoms with Crippen LogP contribution in [0.25, 0.3) is 0 Å². The predicted molar refractivity (Wildman–Crippen MR) is 110 cm³/mol. The Morgan fingerprint density at radius 3 is 2.26 bits per heavy atom. The van der Waals surface area contributed by atoms with Crippen molar-refractivity contribution in [2.45, 2.75) is 33.2 Å². The van der Waals surface area contributed by atoms with Gasteiger partial charge in [0.1, 0.15) is 0 Å². The van der Waals surface area contributed by atoms with E-state index in [1.807, 2.05) is 20.8 Å². The molecule has 5 nitrogen and oxygen atoms in total. The van der Waals surface area contributed by atoms with Crippen LogP contribution in [-0.2, 0) is 0 Å². The van der Waals surface area contributed by atoms with Gasteiger partial charge in [-0.05, 0) is 50.6 Å². The van der Waals surface area contributed by atoms with E-state index < -0.39 is 0 Å². The highest BCUT2D eigenvalue weighted by Crippen LogP contribution is 2.25. The highest BCUT2D eigenvalue weighted by molar-refractivity contribution is 6.42. The molecule has 0 bridgehead atoms. The largest absolute Gasteiger partial charge is 0.398 e. The standard InChI is InChI=1S/C20H23Cl2N3O2/c1-4-13(3)25(19(26)14-10-11-16(21)17(22)12-14)24(5-2)20(27)15-8-6-7-9-18(15)23/h6-13H,4-5,23H2,1-3H3. The summed E-state index contributed by atoms with van der Waals surface area (Å²) in [5.74, 6) is -0.656. The van der Waals surface area contributed by atoms with Crippen LogP contribution in [0.2, 0.25) is 10.0 Å². The van der Waals surface area contributed by atoms with E-state index in [2.05, 4.69) is 0 Å². The van der Waals surface area contributed by atoms with Crippen molar-refractivity contribution >= 4 is 40.7 Å². The predicted octanol–water partition coefficient (Wildman–Crippen LogP) is 4.89. The third-order valence-electron chi connectivity index (χ3n) is 4.37. The molecule has 27 heavy (non-hydrogen) atoms. The van der Waals surface area contributed by atoms with Gasteiger partial charge in [-0.1, -0.05) is 42.3 Å². The number of nitrogens with two attached hydrogens (primary N) is 1. The van der Waals surface area contributed by atoms with Crippen LogP contribution < -0.4 is 5.73 Å². The van der Waals surface area contributed by atoms with Gasteiger partial charge in [0.15, 0.2) is 0 Å². The number of benzene rings is 2. The average molecular weight is 408 g/mol. The Labute approximate surface area is 169 Å². The lowest BCUT2D eigenvalue weighted by Gasteiger charge is -2.38. The molecule has 0 fully saturated rings. The Hall–Kier alpha value is -2.24. The zero-order valence-electron chi connectivity index (χ0n) is 15.6. The minimum Gasteiger partial charge on any atom is -0.398 e. The van der Waals surface area contributed by atoms with Crippen molar-refractivity contribution in [3.8, 4) is 0 Å². The Morgan fingerprint density at radius 2 is 1.70 bits per heavy atom. The number of halogens is 2. The van der Waals surface area contributed by atoms with Gasteiger partial charge < -0.3 is 5.73 Å². The van der Waals surface area contributed by atoms with Gasteiger partial charge in [-0.3, -0.25) is 9.59 Å². The SMILES string of the molecule is CCC(C)N(C(=O)c1ccc(Cl)c(Cl)c1)N(CC)C(=O)c1ccccc1N. The van der Waals surface area contributed by atoms with Crippen LogP contribution in [0.1, 0.15) is 47.9 Å². The van der Waals surface area contributed by atoms with Gasteiger partial charge >= 0.3 is 0 Å². The normalized spacial score (nSPS) is 11.7. The maximum Gasteiger partial charge on any atom is 0.274 e. The molecule has 0 aliphatic carbocycles. The highest BCUT2D eigenvalue weighted by atomic mass is 35.5. The van der Waals surface area contributed by atoms with E-state index >= 15 is 0 Å². The van der Waals surface area contributed by atoms with Gasteiger partial charge in [0.25, 0.3) is 11.8 Å². The molecule has 2 rings (SSSR count). The van der Waals surface area contributed by atoms with Crippen molar-refractivity contribution in [3.05, 3.63) is 63.6 Å². The topological polar surface area (TPSA) is 66.6 Å². The summed E-state index contributed by atoms with van der Waals surface area (Å²) in [4.78, 5) is 26.3. The molecule has 0 heterocycles. The molecular formula is C20H23Cl2N3O2. The second-order valence-electron chi connectivity index (χ2n) is 6.14. The van der Waals surface area contributed by atoms with Crippen LogP contribution in [0.4, 0.5) is 5.69 Å². The van der Waals surface area contributed by atoms with Crippen molar-refractivity contribution in [1.29, 1.82) is 0 Å². The lowest BCUT2D eigenvalue weighted by atomic mass is 10.1. The molecule has 2 N–H and O–H groups in total. The van der Waals surface area contributed by atoms with Crippen LogP contribution in [0.15, 0.2) is 42.5 Å². The number of amides is 2. The van der Waals surface area contributed by atoms with Gasteiger partial charge in [-0.15, -0.1) is 0 Å². The first kappa shape index (κ1) is 21.1. The zero-order chi connectivity index (χ0) is 20.1. The smallest absolute Gasteiger partial charge is 0.274 e. The van der Waals surface area contributed by atoms with E-state index in [1.54, 1.807) is 36.4 Å². The van der Waals surface area contributed by atoms with E-state index in [-0.39, 0.29) is 22.9 Å². The summed E-state index contributed by atoms with van der Waals surface area (Å²) in [6.07, 6.45) is 0.668. The maximum atomic E-state index is 13.2. The fourth-order valence-electron chi connectivity index (χ4n) is 2.71. The van der Waals surface area contributed by atoms with E-state index in [1.165, 1.54) is 16.1 Å². The minimum absolute atomic E-state index is 0.208. The molecule has 2 amide bonds. The summed E-state index contributed by atoms with van der Waals surface area (Å²) in [6, 6.07) is 11.3. The Balaban J connectivity index is 2.46. The highest BCUT2D eigenvalue weighted by Gasteiger charge is 2.31. The molecule has 2 aromatic carbocycles. The number of carbonyl (C=O) groups excluding carboxylic acids is 2.